The second kappa shape index (κ2) is 7.27. The lowest BCUT2D eigenvalue weighted by atomic mass is 10.1. The van der Waals surface area contributed by atoms with E-state index in [0.29, 0.717) is 5.95 Å². The van der Waals surface area contributed by atoms with Gasteiger partial charge >= 0.3 is 0 Å². The minimum Gasteiger partial charge on any atom is -0.363 e. The number of halogens is 1. The SMILES string of the molecule is CCCNc1nc(C)cc(NC(C)c2ccc(Cl)cc2)n1. The van der Waals surface area contributed by atoms with Crippen molar-refractivity contribution >= 4 is 23.4 Å². The van der Waals surface area contributed by atoms with Crippen molar-refractivity contribution < 1.29 is 0 Å². The quantitative estimate of drug-likeness (QED) is 0.828. The van der Waals surface area contributed by atoms with Gasteiger partial charge in [-0.2, -0.15) is 4.98 Å². The maximum Gasteiger partial charge on any atom is 0.224 e. The highest BCUT2D eigenvalue weighted by molar-refractivity contribution is 6.30. The van der Waals surface area contributed by atoms with Gasteiger partial charge in [0, 0.05) is 29.4 Å². The zero-order valence-corrected chi connectivity index (χ0v) is 13.4. The molecule has 0 spiro atoms. The second-order valence-electron chi connectivity index (χ2n) is 5.06. The summed E-state index contributed by atoms with van der Waals surface area (Å²) in [5.74, 6) is 1.49. The third-order valence-electron chi connectivity index (χ3n) is 3.12. The number of anilines is 2. The predicted octanol–water partition coefficient (Wildman–Crippen LogP) is 4.43. The van der Waals surface area contributed by atoms with Crippen LogP contribution in [0.2, 0.25) is 5.02 Å². The molecule has 0 fully saturated rings. The molecule has 0 radical (unpaired) electrons. The third-order valence-corrected chi connectivity index (χ3v) is 3.37. The van der Waals surface area contributed by atoms with Crippen LogP contribution in [0.1, 0.15) is 37.6 Å². The molecule has 0 bridgehead atoms. The molecule has 1 atom stereocenters. The fourth-order valence-corrected chi connectivity index (χ4v) is 2.14. The van der Waals surface area contributed by atoms with E-state index in [1.807, 2.05) is 37.3 Å². The van der Waals surface area contributed by atoms with Crippen LogP contribution in [-0.4, -0.2) is 16.5 Å². The summed E-state index contributed by atoms with van der Waals surface area (Å²) in [6.45, 7) is 7.05. The minimum atomic E-state index is 0.149. The predicted molar refractivity (Wildman–Crippen MR) is 89.0 cm³/mol. The molecule has 0 saturated heterocycles. The Hall–Kier alpha value is -1.81. The van der Waals surface area contributed by atoms with Crippen LogP contribution in [0.4, 0.5) is 11.8 Å². The van der Waals surface area contributed by atoms with Crippen molar-refractivity contribution in [2.45, 2.75) is 33.2 Å². The van der Waals surface area contributed by atoms with E-state index in [0.717, 1.165) is 29.5 Å². The Morgan fingerprint density at radius 3 is 2.57 bits per heavy atom. The Bertz CT molecular complexity index is 583. The monoisotopic (exact) mass is 304 g/mol. The number of hydrogen-bond acceptors (Lipinski definition) is 4. The minimum absolute atomic E-state index is 0.149. The zero-order chi connectivity index (χ0) is 15.2. The number of aryl methyl sites for hydroxylation is 1. The van der Waals surface area contributed by atoms with Gasteiger partial charge in [-0.15, -0.1) is 0 Å². The van der Waals surface area contributed by atoms with E-state index in [1.54, 1.807) is 0 Å². The maximum atomic E-state index is 5.92. The lowest BCUT2D eigenvalue weighted by molar-refractivity contribution is 0.867. The van der Waals surface area contributed by atoms with E-state index in [1.165, 1.54) is 5.56 Å². The Morgan fingerprint density at radius 2 is 1.90 bits per heavy atom. The van der Waals surface area contributed by atoms with Gasteiger partial charge in [0.2, 0.25) is 5.95 Å². The molecule has 4 nitrogen and oxygen atoms in total. The summed E-state index contributed by atoms with van der Waals surface area (Å²) in [6, 6.07) is 9.93. The number of nitrogens with zero attached hydrogens (tertiary/aromatic N) is 2. The van der Waals surface area contributed by atoms with E-state index in [2.05, 4.69) is 34.4 Å². The average Bonchev–Trinajstić information content (AvgIpc) is 2.45. The van der Waals surface area contributed by atoms with Crippen LogP contribution >= 0.6 is 11.6 Å². The van der Waals surface area contributed by atoms with Gasteiger partial charge in [0.15, 0.2) is 0 Å². The van der Waals surface area contributed by atoms with Crippen LogP contribution in [0.25, 0.3) is 0 Å². The Morgan fingerprint density at radius 1 is 1.19 bits per heavy atom. The summed E-state index contributed by atoms with van der Waals surface area (Å²) in [6.07, 6.45) is 1.04. The standard InChI is InChI=1S/C16H21ClN4/c1-4-9-18-16-19-11(2)10-15(21-16)20-12(3)13-5-7-14(17)8-6-13/h5-8,10,12H,4,9H2,1-3H3,(H2,18,19,20,21). The number of benzene rings is 1. The number of nitrogens with one attached hydrogen (secondary N) is 2. The molecule has 1 unspecified atom stereocenters. The van der Waals surface area contributed by atoms with Crippen LogP contribution in [0.5, 0.6) is 0 Å². The Kier molecular flexibility index (Phi) is 5.39. The van der Waals surface area contributed by atoms with Crippen LogP contribution in [0, 0.1) is 6.92 Å². The third kappa shape index (κ3) is 4.60. The molecule has 1 heterocycles. The number of hydrogen-bond donors (Lipinski definition) is 2. The van der Waals surface area contributed by atoms with Gasteiger partial charge < -0.3 is 10.6 Å². The first-order chi connectivity index (χ1) is 10.1. The smallest absolute Gasteiger partial charge is 0.224 e. The molecule has 0 aliphatic heterocycles. The van der Waals surface area contributed by atoms with Crippen molar-refractivity contribution in [2.24, 2.45) is 0 Å². The zero-order valence-electron chi connectivity index (χ0n) is 12.7. The van der Waals surface area contributed by atoms with Crippen molar-refractivity contribution in [1.29, 1.82) is 0 Å². The summed E-state index contributed by atoms with van der Waals surface area (Å²) in [7, 11) is 0. The molecule has 2 rings (SSSR count). The molecule has 0 amide bonds. The van der Waals surface area contributed by atoms with Crippen molar-refractivity contribution in [1.82, 2.24) is 9.97 Å². The van der Waals surface area contributed by atoms with Gasteiger partial charge in [0.25, 0.3) is 0 Å². The fraction of sp³-hybridized carbons (Fsp3) is 0.375. The van der Waals surface area contributed by atoms with E-state index in [4.69, 9.17) is 11.6 Å². The average molecular weight is 305 g/mol. The summed E-state index contributed by atoms with van der Waals surface area (Å²) in [5, 5.41) is 7.36. The topological polar surface area (TPSA) is 49.8 Å². The molecule has 2 N–H and O–H groups in total. The largest absolute Gasteiger partial charge is 0.363 e. The molecular formula is C16H21ClN4. The Labute approximate surface area is 131 Å². The molecule has 5 heteroatoms. The highest BCUT2D eigenvalue weighted by Crippen LogP contribution is 2.20. The highest BCUT2D eigenvalue weighted by Gasteiger charge is 2.08. The molecule has 1 aromatic heterocycles. The molecular weight excluding hydrogens is 284 g/mol. The van der Waals surface area contributed by atoms with Crippen LogP contribution < -0.4 is 10.6 Å². The van der Waals surface area contributed by atoms with Gasteiger partial charge in [-0.25, -0.2) is 4.98 Å². The molecule has 21 heavy (non-hydrogen) atoms. The van der Waals surface area contributed by atoms with Crippen molar-refractivity contribution in [2.75, 3.05) is 17.2 Å². The summed E-state index contributed by atoms with van der Waals surface area (Å²) in [5.41, 5.74) is 2.10. The Balaban J connectivity index is 2.10. The first-order valence-corrected chi connectivity index (χ1v) is 7.58. The summed E-state index contributed by atoms with van der Waals surface area (Å²) < 4.78 is 0. The number of rotatable bonds is 6. The summed E-state index contributed by atoms with van der Waals surface area (Å²) in [4.78, 5) is 8.88. The second-order valence-corrected chi connectivity index (χ2v) is 5.50. The molecule has 0 aliphatic rings. The van der Waals surface area contributed by atoms with E-state index < -0.39 is 0 Å². The van der Waals surface area contributed by atoms with Crippen LogP contribution in [-0.2, 0) is 0 Å². The molecule has 1 aromatic carbocycles. The van der Waals surface area contributed by atoms with Gasteiger partial charge in [0.1, 0.15) is 5.82 Å². The summed E-state index contributed by atoms with van der Waals surface area (Å²) >= 11 is 5.92. The molecule has 112 valence electrons. The van der Waals surface area contributed by atoms with Crippen LogP contribution in [0.3, 0.4) is 0 Å². The lowest BCUT2D eigenvalue weighted by Crippen LogP contribution is -2.11. The van der Waals surface area contributed by atoms with E-state index in [-0.39, 0.29) is 6.04 Å². The van der Waals surface area contributed by atoms with Gasteiger partial charge in [0.05, 0.1) is 0 Å². The number of aromatic nitrogens is 2. The molecule has 0 saturated carbocycles. The van der Waals surface area contributed by atoms with Crippen molar-refractivity contribution in [3.8, 4) is 0 Å². The lowest BCUT2D eigenvalue weighted by Gasteiger charge is -2.16. The van der Waals surface area contributed by atoms with Crippen LogP contribution in [0.15, 0.2) is 30.3 Å². The highest BCUT2D eigenvalue weighted by atomic mass is 35.5. The first kappa shape index (κ1) is 15.6. The maximum absolute atomic E-state index is 5.92. The van der Waals surface area contributed by atoms with Gasteiger partial charge in [-0.1, -0.05) is 30.7 Å². The van der Waals surface area contributed by atoms with Gasteiger partial charge in [-0.05, 0) is 38.0 Å². The normalized spacial score (nSPS) is 12.0. The van der Waals surface area contributed by atoms with E-state index >= 15 is 0 Å². The van der Waals surface area contributed by atoms with Crippen molar-refractivity contribution in [3.63, 3.8) is 0 Å². The molecule has 0 aliphatic carbocycles. The fourth-order valence-electron chi connectivity index (χ4n) is 2.01. The van der Waals surface area contributed by atoms with Gasteiger partial charge in [-0.3, -0.25) is 0 Å². The molecule has 2 aromatic rings. The van der Waals surface area contributed by atoms with E-state index in [9.17, 15) is 0 Å². The first-order valence-electron chi connectivity index (χ1n) is 7.20. The van der Waals surface area contributed by atoms with Crippen molar-refractivity contribution in [3.05, 3.63) is 46.6 Å².